The number of rotatable bonds is 4. The van der Waals surface area contributed by atoms with Gasteiger partial charge in [-0.15, -0.1) is 5.06 Å². The summed E-state index contributed by atoms with van der Waals surface area (Å²) in [4.78, 5) is 22.5. The highest BCUT2D eigenvalue weighted by Gasteiger charge is 2.39. The van der Waals surface area contributed by atoms with Crippen LogP contribution in [0.4, 0.5) is 0 Å². The first-order chi connectivity index (χ1) is 6.56. The molecule has 0 spiro atoms. The van der Waals surface area contributed by atoms with Crippen molar-refractivity contribution in [2.45, 2.75) is 26.2 Å². The van der Waals surface area contributed by atoms with Crippen molar-refractivity contribution in [3.8, 4) is 0 Å². The third-order valence-corrected chi connectivity index (χ3v) is 2.24. The van der Waals surface area contributed by atoms with E-state index in [0.29, 0.717) is 11.5 Å². The minimum atomic E-state index is -2.88. The lowest BCUT2D eigenvalue weighted by atomic mass is 10.0. The molecule has 1 aliphatic heterocycles. The van der Waals surface area contributed by atoms with E-state index in [2.05, 4.69) is 4.28 Å². The van der Waals surface area contributed by atoms with E-state index in [-0.39, 0.29) is 6.42 Å². The van der Waals surface area contributed by atoms with Crippen molar-refractivity contribution in [1.29, 1.82) is 0 Å². The number of carbonyl (C=O) groups is 2. The number of imide groups is 1. The third-order valence-electron chi connectivity index (χ3n) is 1.97. The first-order valence-electron chi connectivity index (χ1n) is 4.20. The van der Waals surface area contributed by atoms with Gasteiger partial charge in [-0.3, -0.25) is 9.59 Å². The molecule has 0 N–H and O–H groups in total. The number of hydroxylamine groups is 2. The summed E-state index contributed by atoms with van der Waals surface area (Å²) >= 11 is -2.88. The minimum Gasteiger partial charge on any atom is -0.748 e. The standard InChI is InChI=1S/C7H11NO5S/c1-2-3-5-4-6(9)8(7(5)10)13-14(11)12/h5H,2-4H2,1H3,(H,11,12)/p-1. The van der Waals surface area contributed by atoms with Crippen LogP contribution in [0.5, 0.6) is 0 Å². The molecule has 0 aromatic rings. The van der Waals surface area contributed by atoms with Crippen LogP contribution >= 0.6 is 0 Å². The Morgan fingerprint density at radius 3 is 2.79 bits per heavy atom. The van der Waals surface area contributed by atoms with Gasteiger partial charge in [0.05, 0.1) is 0 Å². The van der Waals surface area contributed by atoms with Crippen LogP contribution in [0.3, 0.4) is 0 Å². The van der Waals surface area contributed by atoms with Crippen LogP contribution in [0.1, 0.15) is 26.2 Å². The van der Waals surface area contributed by atoms with Crippen molar-refractivity contribution < 1.29 is 22.6 Å². The lowest BCUT2D eigenvalue weighted by molar-refractivity contribution is -0.165. The lowest BCUT2D eigenvalue weighted by Gasteiger charge is -2.14. The van der Waals surface area contributed by atoms with E-state index in [0.717, 1.165) is 6.42 Å². The Balaban J connectivity index is 2.65. The Morgan fingerprint density at radius 1 is 1.64 bits per heavy atom. The number of carbonyl (C=O) groups excluding carboxylic acids is 2. The Kier molecular flexibility index (Phi) is 3.73. The molecule has 0 aliphatic carbocycles. The highest BCUT2D eigenvalue weighted by molar-refractivity contribution is 7.74. The molecule has 0 radical (unpaired) electrons. The zero-order valence-electron chi connectivity index (χ0n) is 7.60. The van der Waals surface area contributed by atoms with Crippen molar-refractivity contribution in [2.24, 2.45) is 5.92 Å². The average Bonchev–Trinajstić information content (AvgIpc) is 2.33. The highest BCUT2D eigenvalue weighted by Crippen LogP contribution is 2.24. The van der Waals surface area contributed by atoms with E-state index in [1.54, 1.807) is 0 Å². The predicted molar refractivity (Wildman–Crippen MR) is 44.9 cm³/mol. The Morgan fingerprint density at radius 2 is 2.29 bits per heavy atom. The highest BCUT2D eigenvalue weighted by atomic mass is 32.2. The zero-order chi connectivity index (χ0) is 10.7. The molecule has 0 aromatic heterocycles. The minimum absolute atomic E-state index is 0.0316. The molecule has 14 heavy (non-hydrogen) atoms. The second-order valence-corrected chi connectivity index (χ2v) is 3.55. The van der Waals surface area contributed by atoms with Crippen molar-refractivity contribution in [3.05, 3.63) is 0 Å². The van der Waals surface area contributed by atoms with Gasteiger partial charge in [0.1, 0.15) is 11.4 Å². The molecule has 1 saturated heterocycles. The maximum Gasteiger partial charge on any atom is 0.258 e. The molecule has 1 fully saturated rings. The summed E-state index contributed by atoms with van der Waals surface area (Å²) in [6, 6.07) is 0. The van der Waals surface area contributed by atoms with E-state index < -0.39 is 29.1 Å². The summed E-state index contributed by atoms with van der Waals surface area (Å²) in [5.74, 6) is -1.60. The fraction of sp³-hybridized carbons (Fsp3) is 0.714. The summed E-state index contributed by atoms with van der Waals surface area (Å²) in [7, 11) is 0. The fourth-order valence-electron chi connectivity index (χ4n) is 1.38. The van der Waals surface area contributed by atoms with E-state index in [4.69, 9.17) is 0 Å². The van der Waals surface area contributed by atoms with Crippen molar-refractivity contribution in [2.75, 3.05) is 0 Å². The van der Waals surface area contributed by atoms with Gasteiger partial charge in [-0.25, -0.2) is 4.21 Å². The maximum atomic E-state index is 11.3. The van der Waals surface area contributed by atoms with Crippen molar-refractivity contribution >= 4 is 23.2 Å². The van der Waals surface area contributed by atoms with Crippen LogP contribution in [0.2, 0.25) is 0 Å². The van der Waals surface area contributed by atoms with Gasteiger partial charge in [-0.05, 0) is 6.42 Å². The van der Waals surface area contributed by atoms with Gasteiger partial charge in [0.25, 0.3) is 11.8 Å². The van der Waals surface area contributed by atoms with Crippen molar-refractivity contribution in [3.63, 3.8) is 0 Å². The Bertz CT molecular complexity index is 279. The van der Waals surface area contributed by atoms with Crippen molar-refractivity contribution in [1.82, 2.24) is 5.06 Å². The molecular formula is C7H10NO5S-. The summed E-state index contributed by atoms with van der Waals surface area (Å²) in [6.45, 7) is 1.88. The van der Waals surface area contributed by atoms with Crippen LogP contribution < -0.4 is 0 Å². The van der Waals surface area contributed by atoms with Gasteiger partial charge >= 0.3 is 0 Å². The van der Waals surface area contributed by atoms with Gasteiger partial charge in [-0.1, -0.05) is 13.3 Å². The summed E-state index contributed by atoms with van der Waals surface area (Å²) < 4.78 is 24.3. The molecule has 0 aromatic carbocycles. The Labute approximate surface area is 83.7 Å². The molecule has 0 saturated carbocycles. The molecular weight excluding hydrogens is 210 g/mol. The van der Waals surface area contributed by atoms with Gasteiger partial charge in [0.2, 0.25) is 0 Å². The van der Waals surface area contributed by atoms with Gasteiger partial charge < -0.3 is 4.55 Å². The molecule has 1 heterocycles. The molecule has 2 atom stereocenters. The molecule has 2 amide bonds. The van der Waals surface area contributed by atoms with E-state index in [1.165, 1.54) is 0 Å². The van der Waals surface area contributed by atoms with Gasteiger partial charge in [0, 0.05) is 12.3 Å². The van der Waals surface area contributed by atoms with Crippen LogP contribution in [-0.2, 0) is 25.2 Å². The second kappa shape index (κ2) is 4.63. The van der Waals surface area contributed by atoms with E-state index in [9.17, 15) is 18.4 Å². The SMILES string of the molecule is CCCC1CC(=O)N(OS(=O)[O-])C1=O. The maximum absolute atomic E-state index is 11.3. The first-order valence-corrected chi connectivity index (χ1v) is 5.20. The van der Waals surface area contributed by atoms with Gasteiger partial charge in [0.15, 0.2) is 0 Å². The molecule has 80 valence electrons. The lowest BCUT2D eigenvalue weighted by Crippen LogP contribution is -2.31. The number of nitrogens with zero attached hydrogens (tertiary/aromatic N) is 1. The van der Waals surface area contributed by atoms with E-state index in [1.807, 2.05) is 6.92 Å². The van der Waals surface area contributed by atoms with Gasteiger partial charge in [-0.2, -0.15) is 4.28 Å². The summed E-state index contributed by atoms with van der Waals surface area (Å²) in [5.41, 5.74) is 0. The molecule has 2 unspecified atom stereocenters. The van der Waals surface area contributed by atoms with E-state index >= 15 is 0 Å². The van der Waals surface area contributed by atoms with Crippen LogP contribution in [-0.4, -0.2) is 25.6 Å². The molecule has 1 aliphatic rings. The summed E-state index contributed by atoms with van der Waals surface area (Å²) in [6.07, 6.45) is 1.36. The normalized spacial score (nSPS) is 24.4. The first kappa shape index (κ1) is 11.3. The topological polar surface area (TPSA) is 86.7 Å². The second-order valence-electron chi connectivity index (χ2n) is 2.99. The largest absolute Gasteiger partial charge is 0.748 e. The number of hydrogen-bond donors (Lipinski definition) is 0. The van der Waals surface area contributed by atoms with Crippen LogP contribution in [0.15, 0.2) is 0 Å². The number of hydrogen-bond acceptors (Lipinski definition) is 5. The smallest absolute Gasteiger partial charge is 0.258 e. The molecule has 1 rings (SSSR count). The fourth-order valence-corrected chi connectivity index (χ4v) is 1.66. The summed E-state index contributed by atoms with van der Waals surface area (Å²) in [5, 5.41) is 0.323. The third kappa shape index (κ3) is 2.37. The predicted octanol–water partition coefficient (Wildman–Crippen LogP) is -0.113. The van der Waals surface area contributed by atoms with Crippen LogP contribution in [0, 0.1) is 5.92 Å². The number of amides is 2. The molecule has 6 nitrogen and oxygen atoms in total. The average molecular weight is 220 g/mol. The zero-order valence-corrected chi connectivity index (χ0v) is 8.41. The quantitative estimate of drug-likeness (QED) is 0.487. The Hall–Kier alpha value is -0.790. The monoisotopic (exact) mass is 220 g/mol. The molecule has 0 bridgehead atoms. The van der Waals surface area contributed by atoms with Crippen LogP contribution in [0.25, 0.3) is 0 Å². The molecule has 7 heteroatoms.